The summed E-state index contributed by atoms with van der Waals surface area (Å²) in [5.41, 5.74) is 0.743. The number of nitro benzene ring substituents is 1. The lowest BCUT2D eigenvalue weighted by atomic mass is 10.2. The summed E-state index contributed by atoms with van der Waals surface area (Å²) in [5.74, 6) is 2.63. The van der Waals surface area contributed by atoms with Crippen LogP contribution in [0, 0.1) is 17.0 Å². The molecule has 0 N–H and O–H groups in total. The number of hydrogen-bond acceptors (Lipinski definition) is 4. The van der Waals surface area contributed by atoms with Gasteiger partial charge in [-0.3, -0.25) is 10.1 Å². The van der Waals surface area contributed by atoms with Crippen molar-refractivity contribution in [3.05, 3.63) is 86.9 Å². The molecule has 3 aromatic carbocycles. The molecule has 0 unspecified atom stereocenters. The lowest BCUT2D eigenvalue weighted by molar-refractivity contribution is -0.384. The Morgan fingerprint density at radius 3 is 1.88 bits per heavy atom. The third-order valence-electron chi connectivity index (χ3n) is 3.47. The average Bonchev–Trinajstić information content (AvgIpc) is 2.60. The first kappa shape index (κ1) is 17.0. The van der Waals surface area contributed by atoms with Crippen molar-refractivity contribution in [1.82, 2.24) is 0 Å². The molecule has 0 amide bonds. The van der Waals surface area contributed by atoms with E-state index >= 15 is 0 Å². The zero-order chi connectivity index (χ0) is 17.8. The predicted octanol–water partition coefficient (Wildman–Crippen LogP) is 6.25. The minimum absolute atomic E-state index is 0.0445. The maximum Gasteiger partial charge on any atom is 0.269 e. The Hall–Kier alpha value is -2.86. The van der Waals surface area contributed by atoms with Gasteiger partial charge in [0.2, 0.25) is 0 Å². The van der Waals surface area contributed by atoms with Crippen molar-refractivity contribution in [2.45, 2.75) is 6.92 Å². The van der Waals surface area contributed by atoms with Crippen molar-refractivity contribution in [2.24, 2.45) is 0 Å². The number of hydrogen-bond donors (Lipinski definition) is 0. The van der Waals surface area contributed by atoms with Crippen LogP contribution in [0.25, 0.3) is 0 Å². The van der Waals surface area contributed by atoms with Crippen molar-refractivity contribution in [2.75, 3.05) is 0 Å². The zero-order valence-electron chi connectivity index (χ0n) is 13.3. The van der Waals surface area contributed by atoms with Gasteiger partial charge >= 0.3 is 0 Å². The number of benzene rings is 3. The number of rotatable bonds is 5. The molecule has 0 radical (unpaired) electrons. The molecule has 0 bridgehead atoms. The number of non-ortho nitro benzene ring substituents is 1. The number of ether oxygens (including phenoxy) is 2. The van der Waals surface area contributed by atoms with E-state index in [9.17, 15) is 10.1 Å². The molecule has 0 heterocycles. The van der Waals surface area contributed by atoms with E-state index in [2.05, 4.69) is 15.9 Å². The van der Waals surface area contributed by atoms with Crippen LogP contribution in [0.2, 0.25) is 0 Å². The molecule has 5 nitrogen and oxygen atoms in total. The van der Waals surface area contributed by atoms with Gasteiger partial charge in [-0.05, 0) is 67.1 Å². The zero-order valence-corrected chi connectivity index (χ0v) is 14.9. The molecule has 0 spiro atoms. The first-order valence-electron chi connectivity index (χ1n) is 7.48. The standard InChI is InChI=1S/C19H14BrNO4/c1-13-12-15(21(22)23)4-11-19(13)25-18-9-7-17(8-10-18)24-16-5-2-14(20)3-6-16/h2-12H,1H3. The second-order valence-electron chi connectivity index (χ2n) is 5.34. The summed E-state index contributed by atoms with van der Waals surface area (Å²) in [7, 11) is 0. The van der Waals surface area contributed by atoms with Gasteiger partial charge in [0.25, 0.3) is 5.69 Å². The molecule has 6 heteroatoms. The molecule has 25 heavy (non-hydrogen) atoms. The van der Waals surface area contributed by atoms with E-state index in [0.717, 1.165) is 10.2 Å². The van der Waals surface area contributed by atoms with Gasteiger partial charge < -0.3 is 9.47 Å². The molecule has 126 valence electrons. The number of halogens is 1. The van der Waals surface area contributed by atoms with Crippen LogP contribution < -0.4 is 9.47 Å². The SMILES string of the molecule is Cc1cc([N+](=O)[O-])ccc1Oc1ccc(Oc2ccc(Br)cc2)cc1. The summed E-state index contributed by atoms with van der Waals surface area (Å²) in [4.78, 5) is 10.4. The van der Waals surface area contributed by atoms with Crippen LogP contribution in [0.15, 0.2) is 71.2 Å². The monoisotopic (exact) mass is 399 g/mol. The van der Waals surface area contributed by atoms with Crippen LogP contribution in [0.4, 0.5) is 5.69 Å². The summed E-state index contributed by atoms with van der Waals surface area (Å²) < 4.78 is 12.5. The third-order valence-corrected chi connectivity index (χ3v) is 4.00. The fourth-order valence-corrected chi connectivity index (χ4v) is 2.47. The van der Waals surface area contributed by atoms with E-state index in [-0.39, 0.29) is 5.69 Å². The largest absolute Gasteiger partial charge is 0.457 e. The van der Waals surface area contributed by atoms with Gasteiger partial charge in [-0.15, -0.1) is 0 Å². The summed E-state index contributed by atoms with van der Waals surface area (Å²) in [5, 5.41) is 10.8. The van der Waals surface area contributed by atoms with Crippen molar-refractivity contribution in [3.8, 4) is 23.0 Å². The molecule has 0 fully saturated rings. The molecular formula is C19H14BrNO4. The van der Waals surface area contributed by atoms with Crippen LogP contribution in [-0.4, -0.2) is 4.92 Å². The maximum atomic E-state index is 10.8. The second kappa shape index (κ2) is 7.36. The molecule has 0 saturated heterocycles. The van der Waals surface area contributed by atoms with E-state index < -0.39 is 4.92 Å². The molecule has 0 aliphatic carbocycles. The fourth-order valence-electron chi connectivity index (χ4n) is 2.20. The average molecular weight is 400 g/mol. The lowest BCUT2D eigenvalue weighted by Gasteiger charge is -2.10. The highest BCUT2D eigenvalue weighted by Crippen LogP contribution is 2.30. The van der Waals surface area contributed by atoms with Gasteiger partial charge in [-0.2, -0.15) is 0 Å². The second-order valence-corrected chi connectivity index (χ2v) is 6.25. The molecule has 0 saturated carbocycles. The van der Waals surface area contributed by atoms with E-state index in [0.29, 0.717) is 22.8 Å². The third kappa shape index (κ3) is 4.36. The molecule has 3 aromatic rings. The van der Waals surface area contributed by atoms with E-state index in [1.165, 1.54) is 12.1 Å². The summed E-state index contributed by atoms with van der Waals surface area (Å²) >= 11 is 3.38. The van der Waals surface area contributed by atoms with Crippen LogP contribution in [0.5, 0.6) is 23.0 Å². The molecular weight excluding hydrogens is 386 g/mol. The first-order valence-corrected chi connectivity index (χ1v) is 8.27. The molecule has 0 atom stereocenters. The Morgan fingerprint density at radius 1 is 0.840 bits per heavy atom. The highest BCUT2D eigenvalue weighted by Gasteiger charge is 2.09. The smallest absolute Gasteiger partial charge is 0.269 e. The van der Waals surface area contributed by atoms with Crippen LogP contribution in [0.3, 0.4) is 0 Å². The normalized spacial score (nSPS) is 10.3. The lowest BCUT2D eigenvalue weighted by Crippen LogP contribution is -1.92. The van der Waals surface area contributed by atoms with Crippen molar-refractivity contribution in [1.29, 1.82) is 0 Å². The minimum Gasteiger partial charge on any atom is -0.457 e. The van der Waals surface area contributed by atoms with Gasteiger partial charge in [0.1, 0.15) is 23.0 Å². The fraction of sp³-hybridized carbons (Fsp3) is 0.0526. The van der Waals surface area contributed by atoms with Gasteiger partial charge in [0, 0.05) is 16.6 Å². The van der Waals surface area contributed by atoms with Crippen LogP contribution >= 0.6 is 15.9 Å². The quantitative estimate of drug-likeness (QED) is 0.375. The topological polar surface area (TPSA) is 61.6 Å². The van der Waals surface area contributed by atoms with Crippen LogP contribution in [0.1, 0.15) is 5.56 Å². The van der Waals surface area contributed by atoms with Gasteiger partial charge in [-0.1, -0.05) is 15.9 Å². The van der Waals surface area contributed by atoms with Gasteiger partial charge in [0.15, 0.2) is 0 Å². The predicted molar refractivity (Wildman–Crippen MR) is 98.6 cm³/mol. The Balaban J connectivity index is 1.70. The number of aryl methyl sites for hydroxylation is 1. The van der Waals surface area contributed by atoms with Crippen molar-refractivity contribution >= 4 is 21.6 Å². The van der Waals surface area contributed by atoms with E-state index in [4.69, 9.17) is 9.47 Å². The van der Waals surface area contributed by atoms with Crippen LogP contribution in [-0.2, 0) is 0 Å². The highest BCUT2D eigenvalue weighted by molar-refractivity contribution is 9.10. The number of nitrogens with zero attached hydrogens (tertiary/aromatic N) is 1. The molecule has 0 aliphatic rings. The summed E-state index contributed by atoms with van der Waals surface area (Å²) in [6.45, 7) is 1.77. The Bertz CT molecular complexity index is 892. The highest BCUT2D eigenvalue weighted by atomic mass is 79.9. The van der Waals surface area contributed by atoms with Gasteiger partial charge in [-0.25, -0.2) is 0 Å². The van der Waals surface area contributed by atoms with E-state index in [1.54, 1.807) is 37.3 Å². The minimum atomic E-state index is -0.426. The molecule has 0 aliphatic heterocycles. The van der Waals surface area contributed by atoms with Gasteiger partial charge in [0.05, 0.1) is 4.92 Å². The molecule has 0 aromatic heterocycles. The van der Waals surface area contributed by atoms with Crippen molar-refractivity contribution < 1.29 is 14.4 Å². The Morgan fingerprint density at radius 2 is 1.36 bits per heavy atom. The maximum absolute atomic E-state index is 10.8. The Kier molecular flexibility index (Phi) is 5.00. The first-order chi connectivity index (χ1) is 12.0. The molecule has 3 rings (SSSR count). The van der Waals surface area contributed by atoms with E-state index in [1.807, 2.05) is 24.3 Å². The van der Waals surface area contributed by atoms with Crippen molar-refractivity contribution in [3.63, 3.8) is 0 Å². The summed E-state index contributed by atoms with van der Waals surface area (Å²) in [6.07, 6.45) is 0. The summed E-state index contributed by atoms with van der Waals surface area (Å²) in [6, 6.07) is 19.2. The number of nitro groups is 1. The Labute approximate surface area is 153 Å².